The number of para-hydroxylation sites is 1. The molecule has 0 aliphatic carbocycles. The minimum Gasteiger partial charge on any atom is -0.507 e. The van der Waals surface area contributed by atoms with Crippen LogP contribution in [0.3, 0.4) is 0 Å². The van der Waals surface area contributed by atoms with Crippen molar-refractivity contribution in [2.45, 2.75) is 37.8 Å². The van der Waals surface area contributed by atoms with Crippen molar-refractivity contribution in [1.29, 1.82) is 0 Å². The van der Waals surface area contributed by atoms with Crippen LogP contribution in [0.15, 0.2) is 54.1 Å². The van der Waals surface area contributed by atoms with E-state index in [0.29, 0.717) is 41.4 Å². The third kappa shape index (κ3) is 3.18. The van der Waals surface area contributed by atoms with Crippen molar-refractivity contribution in [3.63, 3.8) is 0 Å². The van der Waals surface area contributed by atoms with E-state index in [1.807, 2.05) is 19.1 Å². The highest BCUT2D eigenvalue weighted by molar-refractivity contribution is 6.50. The average Bonchev–Trinajstić information content (AvgIpc) is 3.49. The van der Waals surface area contributed by atoms with Crippen LogP contribution in [-0.2, 0) is 24.7 Å². The van der Waals surface area contributed by atoms with Gasteiger partial charge in [-0.1, -0.05) is 36.7 Å². The number of rotatable bonds is 5. The molecule has 3 heterocycles. The highest BCUT2D eigenvalue weighted by Crippen LogP contribution is 2.53. The fourth-order valence-electron chi connectivity index (χ4n) is 5.31. The highest BCUT2D eigenvalue weighted by Gasteiger charge is 2.67. The number of Topliss-reactive ketones (excluding diaryl/α,β-unsaturated/α-hetero) is 1. The van der Waals surface area contributed by atoms with Crippen molar-refractivity contribution in [1.82, 2.24) is 4.90 Å². The van der Waals surface area contributed by atoms with Gasteiger partial charge in [0.15, 0.2) is 5.54 Å². The van der Waals surface area contributed by atoms with Gasteiger partial charge in [0.05, 0.1) is 17.4 Å². The van der Waals surface area contributed by atoms with Gasteiger partial charge in [-0.15, -0.1) is 0 Å². The topological polar surface area (TPSA) is 87.2 Å². The fraction of sp³-hybridized carbons (Fsp3) is 0.346. The largest absolute Gasteiger partial charge is 0.507 e. The van der Waals surface area contributed by atoms with Gasteiger partial charge >= 0.3 is 0 Å². The van der Waals surface area contributed by atoms with Gasteiger partial charge in [0, 0.05) is 35.8 Å². The standard InChI is InChI=1S/C26H25ClN2O5/c1-2-13-28-20-8-4-3-7-19(20)26(25(28)33)21(22(30)16-9-11-17(27)12-10-16)23(31)24(32)29(26)15-18-6-5-14-34-18/h3-4,7-12,18,30H,2,5-6,13-15H2,1H3/t18-,26-/m0/s1. The lowest BCUT2D eigenvalue weighted by molar-refractivity contribution is -0.145. The number of aliphatic hydroxyl groups is 1. The summed E-state index contributed by atoms with van der Waals surface area (Å²) < 4.78 is 5.77. The highest BCUT2D eigenvalue weighted by atomic mass is 35.5. The molecule has 34 heavy (non-hydrogen) atoms. The number of nitrogens with zero attached hydrogens (tertiary/aromatic N) is 2. The summed E-state index contributed by atoms with van der Waals surface area (Å²) in [6, 6.07) is 13.5. The second kappa shape index (κ2) is 8.56. The maximum atomic E-state index is 14.2. The molecule has 1 N–H and O–H groups in total. The molecule has 0 aromatic heterocycles. The normalized spacial score (nSPS) is 25.6. The van der Waals surface area contributed by atoms with Gasteiger partial charge in [-0.2, -0.15) is 0 Å². The van der Waals surface area contributed by atoms with Crippen LogP contribution in [0.5, 0.6) is 0 Å². The number of hydrogen-bond donors (Lipinski definition) is 1. The first kappa shape index (κ1) is 22.6. The molecule has 7 nitrogen and oxygen atoms in total. The molecule has 3 aliphatic heterocycles. The minimum atomic E-state index is -1.75. The molecule has 0 unspecified atom stereocenters. The van der Waals surface area contributed by atoms with Gasteiger partial charge in [-0.05, 0) is 49.6 Å². The lowest BCUT2D eigenvalue weighted by Gasteiger charge is -2.35. The Hall–Kier alpha value is -3.16. The van der Waals surface area contributed by atoms with E-state index in [2.05, 4.69) is 0 Å². The van der Waals surface area contributed by atoms with E-state index in [1.165, 1.54) is 4.90 Å². The molecule has 2 amide bonds. The van der Waals surface area contributed by atoms with Crippen LogP contribution >= 0.6 is 11.6 Å². The summed E-state index contributed by atoms with van der Waals surface area (Å²) in [5.74, 6) is -2.51. The zero-order valence-electron chi connectivity index (χ0n) is 18.8. The van der Waals surface area contributed by atoms with Crippen molar-refractivity contribution < 1.29 is 24.2 Å². The van der Waals surface area contributed by atoms with Gasteiger partial charge in [-0.3, -0.25) is 14.4 Å². The number of benzene rings is 2. The van der Waals surface area contributed by atoms with Crippen molar-refractivity contribution in [3.05, 3.63) is 70.3 Å². The molecule has 2 aromatic rings. The maximum Gasteiger partial charge on any atom is 0.296 e. The lowest BCUT2D eigenvalue weighted by atomic mass is 9.81. The second-order valence-corrected chi connectivity index (χ2v) is 9.23. The SMILES string of the molecule is CCCN1C(=O)[C@@]2(C(=C(O)c3ccc(Cl)cc3)C(=O)C(=O)N2C[C@@H]2CCCO2)c2ccccc21. The Balaban J connectivity index is 1.79. The molecule has 5 rings (SSSR count). The Morgan fingerprint density at radius 3 is 2.56 bits per heavy atom. The lowest BCUT2D eigenvalue weighted by Crippen LogP contribution is -2.53. The van der Waals surface area contributed by atoms with Gasteiger partial charge in [0.1, 0.15) is 5.76 Å². The molecule has 8 heteroatoms. The summed E-state index contributed by atoms with van der Waals surface area (Å²) >= 11 is 6.01. The number of anilines is 1. The Kier molecular flexibility index (Phi) is 5.70. The van der Waals surface area contributed by atoms with Crippen LogP contribution in [0.4, 0.5) is 5.69 Å². The number of carbonyl (C=O) groups excluding carboxylic acids is 3. The number of likely N-dealkylation sites (tertiary alicyclic amines) is 1. The van der Waals surface area contributed by atoms with Gasteiger partial charge in [-0.25, -0.2) is 0 Å². The zero-order chi connectivity index (χ0) is 24.0. The molecular formula is C26H25ClN2O5. The summed E-state index contributed by atoms with van der Waals surface area (Å²) in [4.78, 5) is 44.1. The number of fused-ring (bicyclic) bond motifs is 2. The third-order valence-electron chi connectivity index (χ3n) is 6.78. The van der Waals surface area contributed by atoms with E-state index in [1.54, 1.807) is 41.3 Å². The molecular weight excluding hydrogens is 456 g/mol. The molecule has 3 aliphatic rings. The van der Waals surface area contributed by atoms with Crippen LogP contribution < -0.4 is 4.90 Å². The number of amides is 2. The number of ether oxygens (including phenoxy) is 1. The quantitative estimate of drug-likeness (QED) is 0.399. The van der Waals surface area contributed by atoms with Crippen molar-refractivity contribution >= 4 is 40.6 Å². The molecule has 2 aromatic carbocycles. The summed E-state index contributed by atoms with van der Waals surface area (Å²) in [5, 5.41) is 11.9. The van der Waals surface area contributed by atoms with Crippen LogP contribution in [0.1, 0.15) is 37.3 Å². The monoisotopic (exact) mass is 480 g/mol. The van der Waals surface area contributed by atoms with Gasteiger partial charge in [0.2, 0.25) is 0 Å². The predicted molar refractivity (Wildman–Crippen MR) is 127 cm³/mol. The molecule has 0 bridgehead atoms. The molecule has 0 saturated carbocycles. The molecule has 2 saturated heterocycles. The first-order chi connectivity index (χ1) is 16.4. The average molecular weight is 481 g/mol. The van der Waals surface area contributed by atoms with Gasteiger partial charge < -0.3 is 19.6 Å². The van der Waals surface area contributed by atoms with Crippen LogP contribution in [0.2, 0.25) is 5.02 Å². The van der Waals surface area contributed by atoms with E-state index < -0.39 is 28.9 Å². The van der Waals surface area contributed by atoms with E-state index in [9.17, 15) is 19.5 Å². The maximum absolute atomic E-state index is 14.2. The molecule has 2 atom stereocenters. The first-order valence-electron chi connectivity index (χ1n) is 11.5. The summed E-state index contributed by atoms with van der Waals surface area (Å²) in [7, 11) is 0. The second-order valence-electron chi connectivity index (χ2n) is 8.79. The molecule has 0 radical (unpaired) electrons. The fourth-order valence-corrected chi connectivity index (χ4v) is 5.43. The van der Waals surface area contributed by atoms with E-state index in [4.69, 9.17) is 16.3 Å². The number of hydrogen-bond acceptors (Lipinski definition) is 5. The third-order valence-corrected chi connectivity index (χ3v) is 7.04. The van der Waals surface area contributed by atoms with E-state index >= 15 is 0 Å². The van der Waals surface area contributed by atoms with E-state index in [-0.39, 0.29) is 18.2 Å². The first-order valence-corrected chi connectivity index (χ1v) is 11.9. The Morgan fingerprint density at radius 1 is 1.15 bits per heavy atom. The Bertz CT molecular complexity index is 1200. The van der Waals surface area contributed by atoms with Crippen molar-refractivity contribution in [2.75, 3.05) is 24.6 Å². The molecule has 1 spiro atoms. The molecule has 176 valence electrons. The van der Waals surface area contributed by atoms with Crippen LogP contribution in [0.25, 0.3) is 5.76 Å². The molecule has 2 fully saturated rings. The number of ketones is 1. The summed E-state index contributed by atoms with van der Waals surface area (Å²) in [5.41, 5.74) is -0.515. The van der Waals surface area contributed by atoms with E-state index in [0.717, 1.165) is 12.8 Å². The van der Waals surface area contributed by atoms with Gasteiger partial charge in [0.25, 0.3) is 17.6 Å². The number of carbonyl (C=O) groups is 3. The smallest absolute Gasteiger partial charge is 0.296 e. The number of aliphatic hydroxyl groups excluding tert-OH is 1. The Morgan fingerprint density at radius 2 is 1.88 bits per heavy atom. The number of halogens is 1. The van der Waals surface area contributed by atoms with Crippen LogP contribution in [0, 0.1) is 0 Å². The van der Waals surface area contributed by atoms with Crippen molar-refractivity contribution in [3.8, 4) is 0 Å². The Labute approximate surface area is 202 Å². The zero-order valence-corrected chi connectivity index (χ0v) is 19.5. The minimum absolute atomic E-state index is 0.0853. The summed E-state index contributed by atoms with van der Waals surface area (Å²) in [6.45, 7) is 3.03. The summed E-state index contributed by atoms with van der Waals surface area (Å²) in [6.07, 6.45) is 1.97. The van der Waals surface area contributed by atoms with Crippen LogP contribution in [-0.4, -0.2) is 53.4 Å². The van der Waals surface area contributed by atoms with Crippen molar-refractivity contribution in [2.24, 2.45) is 0 Å². The predicted octanol–water partition coefficient (Wildman–Crippen LogP) is 3.85.